The molecular formula is C27H32BrF2N5O5S. The molecule has 41 heavy (non-hydrogen) atoms. The molecule has 3 aromatic rings. The minimum absolute atomic E-state index is 0.00545. The maximum Gasteiger partial charge on any atom is 0.408 e. The molecule has 0 radical (unpaired) electrons. The summed E-state index contributed by atoms with van der Waals surface area (Å²) in [6.45, 7) is 5.06. The Kier molecular flexibility index (Phi) is 9.32. The Morgan fingerprint density at radius 3 is 2.56 bits per heavy atom. The predicted octanol–water partition coefficient (Wildman–Crippen LogP) is 5.91. The summed E-state index contributed by atoms with van der Waals surface area (Å²) >= 11 is 4.62. The molecule has 0 aromatic carbocycles. The normalized spacial score (nSPS) is 17.0. The van der Waals surface area contributed by atoms with Crippen LogP contribution in [-0.4, -0.2) is 57.0 Å². The summed E-state index contributed by atoms with van der Waals surface area (Å²) < 4.78 is 40.6. The SMILES string of the molecule is COC(=O)CC(c1cnc(NC(=O)[C@@H](NC(=O)OC(C)(C)C)C2CCC(F)(F)CC2)s1)c1cnc2ccc(Br)cn12. The molecule has 1 fully saturated rings. The first-order valence-electron chi connectivity index (χ1n) is 13.1. The lowest BCUT2D eigenvalue weighted by atomic mass is 9.81. The van der Waals surface area contributed by atoms with Gasteiger partial charge in [0, 0.05) is 46.7 Å². The second-order valence-electron chi connectivity index (χ2n) is 11.0. The summed E-state index contributed by atoms with van der Waals surface area (Å²) in [5.41, 5.74) is 0.600. The topological polar surface area (TPSA) is 124 Å². The zero-order chi connectivity index (χ0) is 29.9. The summed E-state index contributed by atoms with van der Waals surface area (Å²) in [6.07, 6.45) is 3.65. The molecule has 4 rings (SSSR count). The number of anilines is 1. The molecule has 2 amide bonds. The van der Waals surface area contributed by atoms with Gasteiger partial charge in [-0.1, -0.05) is 0 Å². The van der Waals surface area contributed by atoms with Crippen molar-refractivity contribution in [1.82, 2.24) is 19.7 Å². The minimum Gasteiger partial charge on any atom is -0.469 e. The van der Waals surface area contributed by atoms with E-state index in [1.54, 1.807) is 33.2 Å². The number of thiazole rings is 1. The first-order chi connectivity index (χ1) is 19.2. The quantitative estimate of drug-likeness (QED) is 0.289. The molecule has 2 atom stereocenters. The number of esters is 1. The molecule has 1 aliphatic carbocycles. The lowest BCUT2D eigenvalue weighted by Crippen LogP contribution is -2.51. The number of imidazole rings is 1. The summed E-state index contributed by atoms with van der Waals surface area (Å²) in [5, 5.41) is 5.54. The van der Waals surface area contributed by atoms with E-state index in [0.717, 1.165) is 21.5 Å². The number of nitrogens with zero attached hydrogens (tertiary/aromatic N) is 3. The van der Waals surface area contributed by atoms with Crippen LogP contribution in [0.1, 0.15) is 69.4 Å². The third-order valence-corrected chi connectivity index (χ3v) is 8.23. The van der Waals surface area contributed by atoms with E-state index in [1.807, 2.05) is 22.7 Å². The van der Waals surface area contributed by atoms with Gasteiger partial charge in [0.1, 0.15) is 17.3 Å². The third kappa shape index (κ3) is 8.00. The van der Waals surface area contributed by atoms with Crippen LogP contribution in [0.5, 0.6) is 0 Å². The highest BCUT2D eigenvalue weighted by molar-refractivity contribution is 9.10. The van der Waals surface area contributed by atoms with Crippen LogP contribution < -0.4 is 10.6 Å². The number of ether oxygens (including phenoxy) is 2. The van der Waals surface area contributed by atoms with Crippen molar-refractivity contribution in [3.63, 3.8) is 0 Å². The molecule has 3 aromatic heterocycles. The smallest absolute Gasteiger partial charge is 0.408 e. The predicted molar refractivity (Wildman–Crippen MR) is 152 cm³/mol. The van der Waals surface area contributed by atoms with Crippen LogP contribution in [0.4, 0.5) is 18.7 Å². The number of carbonyl (C=O) groups excluding carboxylic acids is 3. The average molecular weight is 657 g/mol. The molecule has 1 aliphatic rings. The van der Waals surface area contributed by atoms with E-state index in [1.165, 1.54) is 7.11 Å². The van der Waals surface area contributed by atoms with Gasteiger partial charge in [-0.2, -0.15) is 0 Å². The van der Waals surface area contributed by atoms with Gasteiger partial charge in [-0.25, -0.2) is 23.5 Å². The molecule has 14 heteroatoms. The molecule has 2 N–H and O–H groups in total. The van der Waals surface area contributed by atoms with Crippen LogP contribution >= 0.6 is 27.3 Å². The van der Waals surface area contributed by atoms with Gasteiger partial charge in [0.2, 0.25) is 11.8 Å². The Balaban J connectivity index is 1.57. The van der Waals surface area contributed by atoms with Crippen LogP contribution in [0, 0.1) is 5.92 Å². The fourth-order valence-corrected chi connectivity index (χ4v) is 6.02. The van der Waals surface area contributed by atoms with Gasteiger partial charge in [0.05, 0.1) is 19.2 Å². The molecule has 0 spiro atoms. The Labute approximate surface area is 248 Å². The number of fused-ring (bicyclic) bond motifs is 1. The summed E-state index contributed by atoms with van der Waals surface area (Å²) in [7, 11) is 1.31. The highest BCUT2D eigenvalue weighted by Gasteiger charge is 2.41. The van der Waals surface area contributed by atoms with E-state index in [0.29, 0.717) is 10.5 Å². The van der Waals surface area contributed by atoms with Gasteiger partial charge in [-0.3, -0.25) is 9.59 Å². The lowest BCUT2D eigenvalue weighted by Gasteiger charge is -2.33. The van der Waals surface area contributed by atoms with Crippen molar-refractivity contribution >= 4 is 56.0 Å². The van der Waals surface area contributed by atoms with Crippen LogP contribution in [0.25, 0.3) is 5.65 Å². The number of nitrogens with one attached hydrogen (secondary N) is 2. The first kappa shape index (κ1) is 30.8. The fourth-order valence-electron chi connectivity index (χ4n) is 4.75. The average Bonchev–Trinajstić information content (AvgIpc) is 3.51. The molecule has 0 saturated heterocycles. The molecular weight excluding hydrogens is 624 g/mol. The molecule has 0 aliphatic heterocycles. The van der Waals surface area contributed by atoms with Gasteiger partial charge in [-0.05, 0) is 67.6 Å². The summed E-state index contributed by atoms with van der Waals surface area (Å²) in [6, 6.07) is 2.59. The number of aromatic nitrogens is 3. The number of alkyl halides is 2. The van der Waals surface area contributed by atoms with E-state index in [9.17, 15) is 23.2 Å². The van der Waals surface area contributed by atoms with Gasteiger partial charge < -0.3 is 24.5 Å². The molecule has 3 heterocycles. The van der Waals surface area contributed by atoms with E-state index in [2.05, 4.69) is 36.5 Å². The number of halogens is 3. The fraction of sp³-hybridized carbons (Fsp3) is 0.519. The van der Waals surface area contributed by atoms with E-state index in [4.69, 9.17) is 9.47 Å². The Bertz CT molecular complexity index is 1410. The zero-order valence-electron chi connectivity index (χ0n) is 23.1. The number of hydrogen-bond acceptors (Lipinski definition) is 8. The summed E-state index contributed by atoms with van der Waals surface area (Å²) in [4.78, 5) is 47.8. The molecule has 0 bridgehead atoms. The van der Waals surface area contributed by atoms with E-state index < -0.39 is 47.4 Å². The number of rotatable bonds is 8. The number of pyridine rings is 1. The number of amides is 2. The Hall–Kier alpha value is -3.13. The second kappa shape index (κ2) is 12.4. The second-order valence-corrected chi connectivity index (χ2v) is 12.9. The third-order valence-electron chi connectivity index (χ3n) is 6.74. The van der Waals surface area contributed by atoms with Crippen molar-refractivity contribution in [2.24, 2.45) is 5.92 Å². The monoisotopic (exact) mass is 655 g/mol. The van der Waals surface area contributed by atoms with Crippen LogP contribution in [0.15, 0.2) is 35.2 Å². The number of methoxy groups -OCH3 is 1. The lowest BCUT2D eigenvalue weighted by molar-refractivity contribution is -0.140. The van der Waals surface area contributed by atoms with Crippen molar-refractivity contribution in [3.8, 4) is 0 Å². The Morgan fingerprint density at radius 2 is 1.90 bits per heavy atom. The summed E-state index contributed by atoms with van der Waals surface area (Å²) in [5.74, 6) is -4.81. The van der Waals surface area contributed by atoms with E-state index >= 15 is 0 Å². The minimum atomic E-state index is -2.80. The van der Waals surface area contributed by atoms with Gasteiger partial charge in [-0.15, -0.1) is 11.3 Å². The number of hydrogen-bond donors (Lipinski definition) is 2. The van der Waals surface area contributed by atoms with Crippen molar-refractivity contribution < 1.29 is 32.6 Å². The van der Waals surface area contributed by atoms with E-state index in [-0.39, 0.29) is 37.2 Å². The highest BCUT2D eigenvalue weighted by Crippen LogP contribution is 2.38. The van der Waals surface area contributed by atoms with Crippen molar-refractivity contribution in [2.45, 2.75) is 76.4 Å². The van der Waals surface area contributed by atoms with Gasteiger partial charge >= 0.3 is 12.1 Å². The van der Waals surface area contributed by atoms with Crippen LogP contribution in [0.2, 0.25) is 0 Å². The van der Waals surface area contributed by atoms with Gasteiger partial charge in [0.25, 0.3) is 0 Å². The standard InChI is InChI=1S/C27H32BrF2N5O5S/c1-26(2,3)40-25(38)33-22(15-7-9-27(29,30)10-8-15)23(37)34-24-32-13-19(41-24)17(11-21(36)39-4)18-12-31-20-6-5-16(28)14-35(18)20/h5-6,12-15,17,22H,7-11H2,1-4H3,(H,33,38)(H,32,34,37)/t17?,22-/m0/s1. The number of alkyl carbamates (subject to hydrolysis) is 1. The van der Waals surface area contributed by atoms with Gasteiger partial charge in [0.15, 0.2) is 5.13 Å². The largest absolute Gasteiger partial charge is 0.469 e. The molecule has 222 valence electrons. The van der Waals surface area contributed by atoms with Crippen molar-refractivity contribution in [3.05, 3.63) is 45.8 Å². The molecule has 1 saturated carbocycles. The number of carbonyl (C=O) groups is 3. The highest BCUT2D eigenvalue weighted by atomic mass is 79.9. The molecule has 10 nitrogen and oxygen atoms in total. The maximum atomic E-state index is 13.8. The zero-order valence-corrected chi connectivity index (χ0v) is 25.5. The van der Waals surface area contributed by atoms with Crippen molar-refractivity contribution in [1.29, 1.82) is 0 Å². The maximum absolute atomic E-state index is 13.8. The Morgan fingerprint density at radius 1 is 1.20 bits per heavy atom. The molecule has 1 unspecified atom stereocenters. The van der Waals surface area contributed by atoms with Crippen LogP contribution in [-0.2, 0) is 19.1 Å². The first-order valence-corrected chi connectivity index (χ1v) is 14.7. The van der Waals surface area contributed by atoms with Crippen molar-refractivity contribution in [2.75, 3.05) is 12.4 Å². The van der Waals surface area contributed by atoms with Crippen LogP contribution in [0.3, 0.4) is 0 Å².